The molecule has 1 atom stereocenters. The summed E-state index contributed by atoms with van der Waals surface area (Å²) < 4.78 is 10.5. The number of carbonyl (C=O) groups is 1. The first kappa shape index (κ1) is 18.2. The quantitative estimate of drug-likeness (QED) is 0.786. The molecule has 0 aliphatic rings. The second-order valence-corrected chi connectivity index (χ2v) is 7.00. The van der Waals surface area contributed by atoms with E-state index in [9.17, 15) is 4.79 Å². The number of anilines is 1. The van der Waals surface area contributed by atoms with E-state index in [4.69, 9.17) is 9.47 Å². The van der Waals surface area contributed by atoms with Gasteiger partial charge in [0.15, 0.2) is 0 Å². The molecule has 1 unspecified atom stereocenters. The molecular formula is C19H23NO3S. The third kappa shape index (κ3) is 4.68. The molecule has 0 spiro atoms. The number of rotatable bonds is 6. The van der Waals surface area contributed by atoms with Crippen LogP contribution >= 0.6 is 11.8 Å². The second kappa shape index (κ2) is 8.11. The Morgan fingerprint density at radius 3 is 2.21 bits per heavy atom. The molecule has 0 saturated heterocycles. The first-order valence-corrected chi connectivity index (χ1v) is 8.58. The predicted molar refractivity (Wildman–Crippen MR) is 99.4 cm³/mol. The summed E-state index contributed by atoms with van der Waals surface area (Å²) >= 11 is 1.55. The van der Waals surface area contributed by atoms with E-state index in [2.05, 4.69) is 37.4 Å². The van der Waals surface area contributed by atoms with Gasteiger partial charge < -0.3 is 14.8 Å². The topological polar surface area (TPSA) is 47.6 Å². The molecule has 2 rings (SSSR count). The van der Waals surface area contributed by atoms with Gasteiger partial charge in [0.25, 0.3) is 0 Å². The van der Waals surface area contributed by atoms with Crippen molar-refractivity contribution >= 4 is 23.4 Å². The number of thioether (sulfide) groups is 1. The van der Waals surface area contributed by atoms with Crippen LogP contribution in [0.5, 0.6) is 11.5 Å². The third-order valence-electron chi connectivity index (χ3n) is 3.62. The lowest BCUT2D eigenvalue weighted by Crippen LogP contribution is -2.22. The van der Waals surface area contributed by atoms with E-state index in [0.29, 0.717) is 17.2 Å². The molecule has 0 fully saturated rings. The third-order valence-corrected chi connectivity index (χ3v) is 4.90. The fraction of sp³-hybridized carbons (Fsp3) is 0.316. The van der Waals surface area contributed by atoms with Gasteiger partial charge in [-0.2, -0.15) is 0 Å². The highest BCUT2D eigenvalue weighted by molar-refractivity contribution is 8.00. The van der Waals surface area contributed by atoms with Gasteiger partial charge in [0.1, 0.15) is 11.5 Å². The average molecular weight is 345 g/mol. The molecule has 2 aromatic carbocycles. The van der Waals surface area contributed by atoms with Gasteiger partial charge in [0, 0.05) is 28.8 Å². The van der Waals surface area contributed by atoms with Gasteiger partial charge in [-0.1, -0.05) is 17.7 Å². The Hall–Kier alpha value is -2.14. The zero-order valence-electron chi connectivity index (χ0n) is 14.7. The van der Waals surface area contributed by atoms with Gasteiger partial charge in [-0.25, -0.2) is 0 Å². The van der Waals surface area contributed by atoms with Crippen molar-refractivity contribution in [3.63, 3.8) is 0 Å². The highest BCUT2D eigenvalue weighted by atomic mass is 32.2. The smallest absolute Gasteiger partial charge is 0.237 e. The first-order valence-electron chi connectivity index (χ1n) is 7.70. The zero-order chi connectivity index (χ0) is 17.7. The Morgan fingerprint density at radius 2 is 1.67 bits per heavy atom. The van der Waals surface area contributed by atoms with Crippen molar-refractivity contribution in [3.8, 4) is 11.5 Å². The molecule has 0 bridgehead atoms. The molecule has 0 aliphatic carbocycles. The Balaban J connectivity index is 2.08. The number of aryl methyl sites for hydroxylation is 2. The summed E-state index contributed by atoms with van der Waals surface area (Å²) in [6.07, 6.45) is 0. The van der Waals surface area contributed by atoms with E-state index in [-0.39, 0.29) is 11.2 Å². The van der Waals surface area contributed by atoms with Crippen molar-refractivity contribution in [2.75, 3.05) is 19.5 Å². The minimum Gasteiger partial charge on any atom is -0.497 e. The van der Waals surface area contributed by atoms with Crippen molar-refractivity contribution in [1.29, 1.82) is 0 Å². The minimum atomic E-state index is -0.219. The lowest BCUT2D eigenvalue weighted by atomic mass is 10.2. The minimum absolute atomic E-state index is 0.0599. The van der Waals surface area contributed by atoms with Gasteiger partial charge in [-0.05, 0) is 32.4 Å². The van der Waals surface area contributed by atoms with Crippen LogP contribution in [0.25, 0.3) is 0 Å². The summed E-state index contributed by atoms with van der Waals surface area (Å²) in [5.74, 6) is 1.22. The van der Waals surface area contributed by atoms with Crippen LogP contribution < -0.4 is 14.8 Å². The van der Waals surface area contributed by atoms with Gasteiger partial charge in [0.2, 0.25) is 5.91 Å². The summed E-state index contributed by atoms with van der Waals surface area (Å²) in [6, 6.07) is 11.6. The van der Waals surface area contributed by atoms with Crippen molar-refractivity contribution in [1.82, 2.24) is 0 Å². The van der Waals surface area contributed by atoms with Crippen LogP contribution in [0.15, 0.2) is 41.3 Å². The Bertz CT molecular complexity index is 708. The van der Waals surface area contributed by atoms with Crippen LogP contribution in [-0.2, 0) is 4.79 Å². The summed E-state index contributed by atoms with van der Waals surface area (Å²) in [6.45, 7) is 6.03. The maximum absolute atomic E-state index is 12.5. The maximum atomic E-state index is 12.5. The van der Waals surface area contributed by atoms with Crippen molar-refractivity contribution in [3.05, 3.63) is 47.5 Å². The molecule has 1 amide bonds. The van der Waals surface area contributed by atoms with Crippen LogP contribution in [-0.4, -0.2) is 25.4 Å². The summed E-state index contributed by atoms with van der Waals surface area (Å²) in [7, 11) is 3.16. The number of amides is 1. The number of methoxy groups -OCH3 is 2. The SMILES string of the molecule is COc1cc(NC(=O)C(C)Sc2ccc(C)cc2C)cc(OC)c1. The van der Waals surface area contributed by atoms with Gasteiger partial charge in [-0.3, -0.25) is 4.79 Å². The average Bonchev–Trinajstić information content (AvgIpc) is 2.56. The summed E-state index contributed by atoms with van der Waals surface area (Å²) in [5, 5.41) is 2.70. The number of ether oxygens (including phenoxy) is 2. The highest BCUT2D eigenvalue weighted by Crippen LogP contribution is 2.29. The molecule has 1 N–H and O–H groups in total. The van der Waals surface area contributed by atoms with E-state index in [1.54, 1.807) is 44.2 Å². The summed E-state index contributed by atoms with van der Waals surface area (Å²) in [5.41, 5.74) is 3.06. The number of carbonyl (C=O) groups excluding carboxylic acids is 1. The van der Waals surface area contributed by atoms with E-state index in [0.717, 1.165) is 4.90 Å². The lowest BCUT2D eigenvalue weighted by molar-refractivity contribution is -0.115. The molecule has 4 nitrogen and oxygen atoms in total. The van der Waals surface area contributed by atoms with Crippen molar-refractivity contribution in [2.45, 2.75) is 30.9 Å². The molecule has 0 radical (unpaired) electrons. The molecule has 0 saturated carbocycles. The zero-order valence-corrected chi connectivity index (χ0v) is 15.5. The number of benzene rings is 2. The van der Waals surface area contributed by atoms with Crippen LogP contribution in [0.1, 0.15) is 18.1 Å². The van der Waals surface area contributed by atoms with Gasteiger partial charge in [0.05, 0.1) is 19.5 Å². The summed E-state index contributed by atoms with van der Waals surface area (Å²) in [4.78, 5) is 13.6. The Kier molecular flexibility index (Phi) is 6.15. The van der Waals surface area contributed by atoms with E-state index in [1.165, 1.54) is 11.1 Å². The van der Waals surface area contributed by atoms with Crippen molar-refractivity contribution < 1.29 is 14.3 Å². The van der Waals surface area contributed by atoms with Crippen LogP contribution in [0.4, 0.5) is 5.69 Å². The Labute approximate surface area is 147 Å². The van der Waals surface area contributed by atoms with Crippen LogP contribution in [0.3, 0.4) is 0 Å². The van der Waals surface area contributed by atoms with Gasteiger partial charge >= 0.3 is 0 Å². The predicted octanol–water partition coefficient (Wildman–Crippen LogP) is 4.44. The first-order chi connectivity index (χ1) is 11.4. The van der Waals surface area contributed by atoms with Crippen molar-refractivity contribution in [2.24, 2.45) is 0 Å². The number of hydrogen-bond acceptors (Lipinski definition) is 4. The molecule has 2 aromatic rings. The standard InChI is InChI=1S/C19H23NO3S/c1-12-6-7-18(13(2)8-12)24-14(3)19(21)20-15-9-16(22-4)11-17(10-15)23-5/h6-11,14H,1-5H3,(H,20,21). The van der Waals surface area contributed by atoms with E-state index < -0.39 is 0 Å². The van der Waals surface area contributed by atoms with Crippen LogP contribution in [0, 0.1) is 13.8 Å². The molecule has 128 valence electrons. The monoisotopic (exact) mass is 345 g/mol. The molecule has 0 aromatic heterocycles. The molecular weight excluding hydrogens is 322 g/mol. The highest BCUT2D eigenvalue weighted by Gasteiger charge is 2.16. The lowest BCUT2D eigenvalue weighted by Gasteiger charge is -2.15. The molecule has 0 heterocycles. The maximum Gasteiger partial charge on any atom is 0.237 e. The van der Waals surface area contributed by atoms with E-state index >= 15 is 0 Å². The fourth-order valence-electron chi connectivity index (χ4n) is 2.30. The molecule has 0 aliphatic heterocycles. The Morgan fingerprint density at radius 1 is 1.04 bits per heavy atom. The van der Waals surface area contributed by atoms with E-state index in [1.807, 2.05) is 6.92 Å². The van der Waals surface area contributed by atoms with Gasteiger partial charge in [-0.15, -0.1) is 11.8 Å². The number of hydrogen-bond donors (Lipinski definition) is 1. The second-order valence-electron chi connectivity index (χ2n) is 5.62. The fourth-order valence-corrected chi connectivity index (χ4v) is 3.24. The largest absolute Gasteiger partial charge is 0.497 e. The molecule has 5 heteroatoms. The number of nitrogens with one attached hydrogen (secondary N) is 1. The van der Waals surface area contributed by atoms with Crippen LogP contribution in [0.2, 0.25) is 0 Å². The normalized spacial score (nSPS) is 11.7. The molecule has 24 heavy (non-hydrogen) atoms.